The minimum absolute atomic E-state index is 0.0262. The lowest BCUT2D eigenvalue weighted by Crippen LogP contribution is -2.30. The third kappa shape index (κ3) is 2.56. The number of benzene rings is 2. The van der Waals surface area contributed by atoms with E-state index in [4.69, 9.17) is 5.73 Å². The maximum absolute atomic E-state index is 12.7. The molecule has 3 rings (SSSR count). The van der Waals surface area contributed by atoms with Gasteiger partial charge in [-0.25, -0.2) is 0 Å². The van der Waals surface area contributed by atoms with E-state index in [-0.39, 0.29) is 11.9 Å². The molecule has 3 nitrogen and oxygen atoms in total. The van der Waals surface area contributed by atoms with Crippen LogP contribution in [0.5, 0.6) is 0 Å². The van der Waals surface area contributed by atoms with Crippen LogP contribution in [0, 0.1) is 0 Å². The van der Waals surface area contributed by atoms with Gasteiger partial charge in [-0.2, -0.15) is 0 Å². The van der Waals surface area contributed by atoms with Gasteiger partial charge in [0.1, 0.15) is 0 Å². The summed E-state index contributed by atoms with van der Waals surface area (Å²) in [6.07, 6.45) is 1.99. The molecule has 2 aromatic carbocycles. The maximum atomic E-state index is 12.7. The maximum Gasteiger partial charge on any atom is 0.256 e. The van der Waals surface area contributed by atoms with Crippen LogP contribution >= 0.6 is 15.9 Å². The summed E-state index contributed by atoms with van der Waals surface area (Å²) in [5, 5.41) is 0. The first-order valence-corrected chi connectivity index (χ1v) is 7.77. The van der Waals surface area contributed by atoms with Crippen molar-refractivity contribution >= 4 is 27.5 Å². The van der Waals surface area contributed by atoms with Crippen LogP contribution in [-0.4, -0.2) is 17.9 Å². The lowest BCUT2D eigenvalue weighted by molar-refractivity contribution is 0.0731. The lowest BCUT2D eigenvalue weighted by Gasteiger charge is -2.26. The van der Waals surface area contributed by atoms with Crippen molar-refractivity contribution in [2.24, 2.45) is 0 Å². The zero-order valence-corrected chi connectivity index (χ0v) is 13.4. The van der Waals surface area contributed by atoms with Gasteiger partial charge in [0.2, 0.25) is 0 Å². The topological polar surface area (TPSA) is 46.3 Å². The molecule has 0 aromatic heterocycles. The van der Waals surface area contributed by atoms with E-state index in [0.717, 1.165) is 17.3 Å². The molecule has 0 saturated carbocycles. The zero-order valence-electron chi connectivity index (χ0n) is 11.8. The quantitative estimate of drug-likeness (QED) is 0.842. The molecule has 1 unspecified atom stereocenters. The van der Waals surface area contributed by atoms with Crippen molar-refractivity contribution in [2.75, 3.05) is 12.8 Å². The van der Waals surface area contributed by atoms with E-state index in [1.165, 1.54) is 11.1 Å². The van der Waals surface area contributed by atoms with E-state index in [2.05, 4.69) is 34.1 Å². The molecule has 108 valence electrons. The van der Waals surface area contributed by atoms with Crippen LogP contribution < -0.4 is 5.73 Å². The smallest absolute Gasteiger partial charge is 0.256 e. The summed E-state index contributed by atoms with van der Waals surface area (Å²) in [5.41, 5.74) is 9.64. The van der Waals surface area contributed by atoms with Crippen molar-refractivity contribution < 1.29 is 4.79 Å². The highest BCUT2D eigenvalue weighted by Crippen LogP contribution is 2.36. The van der Waals surface area contributed by atoms with Gasteiger partial charge in [-0.3, -0.25) is 4.79 Å². The minimum atomic E-state index is -0.0262. The van der Waals surface area contributed by atoms with Gasteiger partial charge in [-0.1, -0.05) is 40.2 Å². The lowest BCUT2D eigenvalue weighted by atomic mass is 10.1. The molecule has 0 bridgehead atoms. The Balaban J connectivity index is 1.89. The van der Waals surface area contributed by atoms with E-state index >= 15 is 0 Å². The van der Waals surface area contributed by atoms with E-state index in [1.807, 2.05) is 24.1 Å². The third-order valence-corrected chi connectivity index (χ3v) is 4.63. The summed E-state index contributed by atoms with van der Waals surface area (Å²) >= 11 is 3.37. The Morgan fingerprint density at radius 3 is 2.81 bits per heavy atom. The number of nitrogens with zero attached hydrogens (tertiary/aromatic N) is 1. The molecule has 0 saturated heterocycles. The second-order valence-corrected chi connectivity index (χ2v) is 6.32. The second kappa shape index (κ2) is 5.53. The molecule has 2 aromatic rings. The number of aryl methyl sites for hydroxylation is 1. The van der Waals surface area contributed by atoms with Gasteiger partial charge in [0, 0.05) is 17.2 Å². The first-order valence-electron chi connectivity index (χ1n) is 6.98. The number of carbonyl (C=O) groups is 1. The van der Waals surface area contributed by atoms with E-state index in [0.29, 0.717) is 11.3 Å². The number of fused-ring (bicyclic) bond motifs is 1. The van der Waals surface area contributed by atoms with Crippen LogP contribution in [0.3, 0.4) is 0 Å². The molecule has 21 heavy (non-hydrogen) atoms. The highest BCUT2D eigenvalue weighted by atomic mass is 79.9. The van der Waals surface area contributed by atoms with Crippen LogP contribution in [0.2, 0.25) is 0 Å². The number of halogens is 1. The molecule has 0 spiro atoms. The van der Waals surface area contributed by atoms with Crippen LogP contribution in [0.15, 0.2) is 46.9 Å². The monoisotopic (exact) mass is 344 g/mol. The van der Waals surface area contributed by atoms with Crippen LogP contribution in [-0.2, 0) is 6.42 Å². The Bertz CT molecular complexity index is 699. The molecule has 0 heterocycles. The normalized spacial score (nSPS) is 16.6. The minimum Gasteiger partial charge on any atom is -0.398 e. The highest BCUT2D eigenvalue weighted by Gasteiger charge is 2.29. The van der Waals surface area contributed by atoms with Gasteiger partial charge in [0.05, 0.1) is 11.6 Å². The fourth-order valence-electron chi connectivity index (χ4n) is 3.00. The summed E-state index contributed by atoms with van der Waals surface area (Å²) in [6, 6.07) is 13.9. The molecule has 0 aliphatic heterocycles. The molecule has 1 aliphatic carbocycles. The number of anilines is 1. The number of hydrogen-bond acceptors (Lipinski definition) is 2. The molecular formula is C17H17BrN2O. The van der Waals surface area contributed by atoms with Gasteiger partial charge in [-0.15, -0.1) is 0 Å². The fourth-order valence-corrected chi connectivity index (χ4v) is 3.38. The van der Waals surface area contributed by atoms with Crippen molar-refractivity contribution in [3.63, 3.8) is 0 Å². The Kier molecular flexibility index (Phi) is 3.72. The molecule has 0 fully saturated rings. The molecule has 1 aliphatic rings. The summed E-state index contributed by atoms with van der Waals surface area (Å²) in [4.78, 5) is 14.5. The van der Waals surface area contributed by atoms with Gasteiger partial charge >= 0.3 is 0 Å². The summed E-state index contributed by atoms with van der Waals surface area (Å²) in [6.45, 7) is 0. The summed E-state index contributed by atoms with van der Waals surface area (Å²) in [5.74, 6) is -0.0262. The Hall–Kier alpha value is -1.81. The number of carbonyl (C=O) groups excluding carboxylic acids is 1. The molecule has 4 heteroatoms. The second-order valence-electron chi connectivity index (χ2n) is 5.40. The zero-order chi connectivity index (χ0) is 15.0. The average molecular weight is 345 g/mol. The van der Waals surface area contributed by atoms with E-state index in [1.54, 1.807) is 12.1 Å². The first-order chi connectivity index (χ1) is 10.1. The Labute approximate surface area is 132 Å². The van der Waals surface area contributed by atoms with Crippen molar-refractivity contribution in [1.82, 2.24) is 4.90 Å². The van der Waals surface area contributed by atoms with Crippen molar-refractivity contribution in [3.8, 4) is 0 Å². The van der Waals surface area contributed by atoms with Crippen molar-refractivity contribution in [1.29, 1.82) is 0 Å². The highest BCUT2D eigenvalue weighted by molar-refractivity contribution is 9.10. The summed E-state index contributed by atoms with van der Waals surface area (Å²) in [7, 11) is 1.86. The summed E-state index contributed by atoms with van der Waals surface area (Å²) < 4.78 is 0.880. The number of rotatable bonds is 2. The van der Waals surface area contributed by atoms with E-state index in [9.17, 15) is 4.79 Å². The Morgan fingerprint density at radius 1 is 1.29 bits per heavy atom. The predicted molar refractivity (Wildman–Crippen MR) is 88.2 cm³/mol. The predicted octanol–water partition coefficient (Wildman–Crippen LogP) is 3.79. The SMILES string of the molecule is CN(C(=O)c1ccc(Br)cc1N)C1CCc2ccccc21. The van der Waals surface area contributed by atoms with Crippen LogP contribution in [0.4, 0.5) is 5.69 Å². The van der Waals surface area contributed by atoms with Crippen LogP contribution in [0.1, 0.15) is 33.9 Å². The van der Waals surface area contributed by atoms with E-state index < -0.39 is 0 Å². The van der Waals surface area contributed by atoms with Crippen molar-refractivity contribution in [3.05, 3.63) is 63.6 Å². The largest absolute Gasteiger partial charge is 0.398 e. The number of nitrogens with two attached hydrogens (primary N) is 1. The molecule has 1 amide bonds. The van der Waals surface area contributed by atoms with Gasteiger partial charge in [0.25, 0.3) is 5.91 Å². The number of hydrogen-bond donors (Lipinski definition) is 1. The molecule has 2 N–H and O–H groups in total. The van der Waals surface area contributed by atoms with Crippen LogP contribution in [0.25, 0.3) is 0 Å². The van der Waals surface area contributed by atoms with Crippen molar-refractivity contribution in [2.45, 2.75) is 18.9 Å². The van der Waals surface area contributed by atoms with Gasteiger partial charge in [0.15, 0.2) is 0 Å². The number of amides is 1. The molecular weight excluding hydrogens is 328 g/mol. The molecule has 0 radical (unpaired) electrons. The third-order valence-electron chi connectivity index (χ3n) is 4.13. The fraction of sp³-hybridized carbons (Fsp3) is 0.235. The standard InChI is InChI=1S/C17H17BrN2O/c1-20(16-9-6-11-4-2-3-5-13(11)16)17(21)14-8-7-12(18)10-15(14)19/h2-5,7-8,10,16H,6,9,19H2,1H3. The number of nitrogen functional groups attached to an aromatic ring is 1. The molecule has 1 atom stereocenters. The first kappa shape index (κ1) is 14.1. The average Bonchev–Trinajstić information content (AvgIpc) is 2.90. The van der Waals surface area contributed by atoms with Gasteiger partial charge < -0.3 is 10.6 Å². The Morgan fingerprint density at radius 2 is 2.05 bits per heavy atom. The van der Waals surface area contributed by atoms with Gasteiger partial charge in [-0.05, 0) is 42.2 Å².